The van der Waals surface area contributed by atoms with Gasteiger partial charge in [0.15, 0.2) is 11.5 Å². The van der Waals surface area contributed by atoms with Gasteiger partial charge in [-0.3, -0.25) is 0 Å². The fraction of sp³-hybridized carbons (Fsp3) is 0.500. The number of nitrogens with zero attached hydrogens (tertiary/aromatic N) is 3. The number of hydrogen-bond acceptors (Lipinski definition) is 10. The number of aliphatic hydroxyl groups excluding tert-OH is 1. The second-order valence-corrected chi connectivity index (χ2v) is 11.2. The highest BCUT2D eigenvalue weighted by Crippen LogP contribution is 2.50. The summed E-state index contributed by atoms with van der Waals surface area (Å²) in [5.74, 6) is 0.354. The lowest BCUT2D eigenvalue weighted by atomic mass is 10.0. The van der Waals surface area contributed by atoms with Crippen LogP contribution in [-0.4, -0.2) is 56.9 Å². The molecule has 0 radical (unpaired) electrons. The zero-order chi connectivity index (χ0) is 24.9. The fourth-order valence-corrected chi connectivity index (χ4v) is 6.50. The van der Waals surface area contributed by atoms with E-state index < -0.39 is 11.5 Å². The Labute approximate surface area is 213 Å². The number of rotatable bonds is 7. The Morgan fingerprint density at radius 2 is 2.06 bits per heavy atom. The van der Waals surface area contributed by atoms with Crippen LogP contribution in [0, 0.1) is 12.8 Å². The van der Waals surface area contributed by atoms with E-state index in [-0.39, 0.29) is 24.7 Å². The summed E-state index contributed by atoms with van der Waals surface area (Å²) in [5.41, 5.74) is 1.78. The molecular formula is C26H31N5O4S. The van der Waals surface area contributed by atoms with E-state index in [0.29, 0.717) is 24.7 Å². The number of aromatic nitrogens is 3. The molecule has 190 valence electrons. The number of fused-ring (bicyclic) bond motifs is 2. The van der Waals surface area contributed by atoms with Gasteiger partial charge in [0.2, 0.25) is 5.95 Å². The molecule has 2 aromatic heterocycles. The molecule has 4 atom stereocenters. The molecule has 2 aliphatic heterocycles. The molecule has 2 fully saturated rings. The Morgan fingerprint density at radius 1 is 1.19 bits per heavy atom. The zero-order valence-electron chi connectivity index (χ0n) is 20.7. The maximum atomic E-state index is 10.0. The average Bonchev–Trinajstić information content (AvgIpc) is 3.60. The van der Waals surface area contributed by atoms with Crippen molar-refractivity contribution in [3.63, 3.8) is 0 Å². The Kier molecular flexibility index (Phi) is 5.87. The van der Waals surface area contributed by atoms with Crippen molar-refractivity contribution in [2.75, 3.05) is 23.8 Å². The standard InChI is InChI=1S/C26H31N5O4S/c1-15-20(23-29-18-8-4-5-9-19(18)36-23)22(30-24(28-15)27-13-17-7-6-12-33-17)31-26-11-10-16(14-32)21(26)34-25(2,3)35-26/h4-6,8-9,12,16-17,21,32H,7,10-11,13-14H2,1-3H3,(H2,27,28,30,31). The summed E-state index contributed by atoms with van der Waals surface area (Å²) in [6, 6.07) is 8.09. The first-order chi connectivity index (χ1) is 17.4. The maximum Gasteiger partial charge on any atom is 0.225 e. The number of aliphatic hydroxyl groups is 1. The van der Waals surface area contributed by atoms with E-state index >= 15 is 0 Å². The Bertz CT molecular complexity index is 1270. The lowest BCUT2D eigenvalue weighted by Crippen LogP contribution is -2.46. The molecule has 10 heteroatoms. The molecule has 6 rings (SSSR count). The first kappa shape index (κ1) is 23.6. The minimum Gasteiger partial charge on any atom is -0.496 e. The van der Waals surface area contributed by atoms with E-state index in [1.807, 2.05) is 45.0 Å². The predicted molar refractivity (Wildman–Crippen MR) is 139 cm³/mol. The monoisotopic (exact) mass is 509 g/mol. The molecule has 36 heavy (non-hydrogen) atoms. The summed E-state index contributed by atoms with van der Waals surface area (Å²) in [7, 11) is 0. The Hall–Kier alpha value is -2.79. The molecule has 1 saturated carbocycles. The van der Waals surface area contributed by atoms with Crippen molar-refractivity contribution >= 4 is 33.3 Å². The van der Waals surface area contributed by atoms with Crippen LogP contribution in [0.4, 0.5) is 11.8 Å². The number of para-hydroxylation sites is 1. The van der Waals surface area contributed by atoms with Gasteiger partial charge >= 0.3 is 0 Å². The highest BCUT2D eigenvalue weighted by Gasteiger charge is 2.60. The summed E-state index contributed by atoms with van der Waals surface area (Å²) in [5, 5.41) is 17.8. The second kappa shape index (κ2) is 8.95. The number of ether oxygens (including phenoxy) is 3. The molecule has 0 bridgehead atoms. The number of hydrogen-bond donors (Lipinski definition) is 3. The molecule has 0 amide bonds. The predicted octanol–water partition coefficient (Wildman–Crippen LogP) is 4.44. The molecule has 0 spiro atoms. The molecule has 4 heterocycles. The summed E-state index contributed by atoms with van der Waals surface area (Å²) in [6.45, 7) is 6.43. The number of aryl methyl sites for hydroxylation is 1. The topological polar surface area (TPSA) is 111 Å². The van der Waals surface area contributed by atoms with Crippen molar-refractivity contribution < 1.29 is 19.3 Å². The van der Waals surface area contributed by atoms with E-state index in [9.17, 15) is 5.11 Å². The average molecular weight is 510 g/mol. The number of benzene rings is 1. The Morgan fingerprint density at radius 3 is 2.83 bits per heavy atom. The van der Waals surface area contributed by atoms with Gasteiger partial charge in [-0.1, -0.05) is 12.1 Å². The largest absolute Gasteiger partial charge is 0.496 e. The van der Waals surface area contributed by atoms with Crippen LogP contribution < -0.4 is 10.6 Å². The quantitative estimate of drug-likeness (QED) is 0.426. The minimum atomic E-state index is -0.807. The van der Waals surface area contributed by atoms with Gasteiger partial charge in [-0.05, 0) is 51.8 Å². The minimum absolute atomic E-state index is 0.0160. The summed E-state index contributed by atoms with van der Waals surface area (Å²) >= 11 is 1.61. The van der Waals surface area contributed by atoms with Gasteiger partial charge < -0.3 is 30.0 Å². The second-order valence-electron chi connectivity index (χ2n) is 10.1. The molecule has 3 aliphatic rings. The van der Waals surface area contributed by atoms with Crippen molar-refractivity contribution in [3.8, 4) is 10.6 Å². The zero-order valence-corrected chi connectivity index (χ0v) is 21.5. The van der Waals surface area contributed by atoms with Crippen molar-refractivity contribution in [2.45, 2.75) is 63.8 Å². The van der Waals surface area contributed by atoms with Crippen LogP contribution in [0.25, 0.3) is 20.8 Å². The third-order valence-corrected chi connectivity index (χ3v) is 8.08. The van der Waals surface area contributed by atoms with Crippen molar-refractivity contribution in [2.24, 2.45) is 5.92 Å². The van der Waals surface area contributed by atoms with Gasteiger partial charge in [-0.25, -0.2) is 9.97 Å². The van der Waals surface area contributed by atoms with E-state index in [4.69, 9.17) is 29.2 Å². The van der Waals surface area contributed by atoms with Gasteiger partial charge in [0.25, 0.3) is 0 Å². The molecular weight excluding hydrogens is 478 g/mol. The molecule has 3 N–H and O–H groups in total. The molecule has 1 aliphatic carbocycles. The third kappa shape index (κ3) is 4.21. The van der Waals surface area contributed by atoms with E-state index in [1.165, 1.54) is 0 Å². The van der Waals surface area contributed by atoms with E-state index in [1.54, 1.807) is 17.6 Å². The molecule has 3 aromatic rings. The van der Waals surface area contributed by atoms with Crippen LogP contribution in [0.5, 0.6) is 0 Å². The summed E-state index contributed by atoms with van der Waals surface area (Å²) in [6.07, 6.45) is 5.85. The third-order valence-electron chi connectivity index (χ3n) is 7.03. The lowest BCUT2D eigenvalue weighted by molar-refractivity contribution is -0.168. The van der Waals surface area contributed by atoms with Gasteiger partial charge in [-0.15, -0.1) is 11.3 Å². The van der Waals surface area contributed by atoms with Crippen LogP contribution in [0.2, 0.25) is 0 Å². The molecule has 1 saturated heterocycles. The van der Waals surface area contributed by atoms with Gasteiger partial charge in [-0.2, -0.15) is 4.98 Å². The molecule has 1 aromatic carbocycles. The van der Waals surface area contributed by atoms with Crippen LogP contribution >= 0.6 is 11.3 Å². The van der Waals surface area contributed by atoms with Gasteiger partial charge in [0, 0.05) is 18.9 Å². The van der Waals surface area contributed by atoms with E-state index in [0.717, 1.165) is 39.3 Å². The van der Waals surface area contributed by atoms with Crippen molar-refractivity contribution in [1.82, 2.24) is 15.0 Å². The first-order valence-electron chi connectivity index (χ1n) is 12.4. The van der Waals surface area contributed by atoms with Gasteiger partial charge in [0.1, 0.15) is 23.0 Å². The lowest BCUT2D eigenvalue weighted by Gasteiger charge is -2.31. The van der Waals surface area contributed by atoms with E-state index in [2.05, 4.69) is 16.7 Å². The van der Waals surface area contributed by atoms with Crippen LogP contribution in [0.3, 0.4) is 0 Å². The van der Waals surface area contributed by atoms with Crippen LogP contribution in [0.1, 0.15) is 38.8 Å². The van der Waals surface area contributed by atoms with Crippen LogP contribution in [-0.2, 0) is 14.2 Å². The highest BCUT2D eigenvalue weighted by molar-refractivity contribution is 7.21. The maximum absolute atomic E-state index is 10.0. The highest BCUT2D eigenvalue weighted by atomic mass is 32.1. The Balaban J connectivity index is 1.41. The summed E-state index contributed by atoms with van der Waals surface area (Å²) in [4.78, 5) is 14.6. The fourth-order valence-electron chi connectivity index (χ4n) is 5.43. The van der Waals surface area contributed by atoms with Crippen molar-refractivity contribution in [3.05, 3.63) is 42.3 Å². The van der Waals surface area contributed by atoms with Crippen molar-refractivity contribution in [1.29, 1.82) is 0 Å². The van der Waals surface area contributed by atoms with Crippen LogP contribution in [0.15, 0.2) is 36.6 Å². The molecule has 4 unspecified atom stereocenters. The number of thiazole rings is 1. The smallest absolute Gasteiger partial charge is 0.225 e. The summed E-state index contributed by atoms with van der Waals surface area (Å²) < 4.78 is 19.5. The number of nitrogens with one attached hydrogen (secondary N) is 2. The molecule has 9 nitrogen and oxygen atoms in total. The first-order valence-corrected chi connectivity index (χ1v) is 13.2. The number of anilines is 2. The van der Waals surface area contributed by atoms with Gasteiger partial charge in [0.05, 0.1) is 34.3 Å². The normalized spacial score (nSPS) is 28.4. The SMILES string of the molecule is Cc1nc(NCC2CC=CO2)nc(NC23CCC(CO)C2OC(C)(C)O3)c1-c1nc2ccccc2s1.